The molecule has 1 aliphatic heterocycles. The van der Waals surface area contributed by atoms with Crippen molar-refractivity contribution in [2.75, 3.05) is 52.4 Å². The first kappa shape index (κ1) is 26.3. The summed E-state index contributed by atoms with van der Waals surface area (Å²) in [7, 11) is 0. The zero-order chi connectivity index (χ0) is 24.3. The number of rotatable bonds is 11. The summed E-state index contributed by atoms with van der Waals surface area (Å²) in [5.74, 6) is -1.12. The van der Waals surface area contributed by atoms with Gasteiger partial charge in [-0.15, -0.1) is 11.3 Å². The molecule has 0 aliphatic carbocycles. The summed E-state index contributed by atoms with van der Waals surface area (Å²) in [5, 5.41) is 7.80. The van der Waals surface area contributed by atoms with E-state index in [1.54, 1.807) is 11.3 Å². The van der Waals surface area contributed by atoms with E-state index in [-0.39, 0.29) is 12.1 Å². The predicted octanol–water partition coefficient (Wildman–Crippen LogP) is 2.57. The predicted molar refractivity (Wildman–Crippen MR) is 139 cm³/mol. The lowest BCUT2D eigenvalue weighted by Gasteiger charge is -2.41. The van der Waals surface area contributed by atoms with Crippen molar-refractivity contribution in [1.82, 2.24) is 25.3 Å². The second-order valence-corrected chi connectivity index (χ2v) is 9.78. The summed E-state index contributed by atoms with van der Waals surface area (Å²) in [5.41, 5.74) is 1.33. The third-order valence-corrected chi connectivity index (χ3v) is 7.47. The summed E-state index contributed by atoms with van der Waals surface area (Å²) >= 11 is 1.70. The molecular formula is C26H39N5O2S. The fourth-order valence-corrected chi connectivity index (χ4v) is 5.51. The van der Waals surface area contributed by atoms with Crippen LogP contribution >= 0.6 is 11.3 Å². The number of hydrogen-bond donors (Lipinski definition) is 2. The molecule has 8 heteroatoms. The van der Waals surface area contributed by atoms with Crippen LogP contribution < -0.4 is 10.6 Å². The quantitative estimate of drug-likeness (QED) is 0.479. The summed E-state index contributed by atoms with van der Waals surface area (Å²) in [6, 6.07) is 14.6. The van der Waals surface area contributed by atoms with E-state index in [4.69, 9.17) is 0 Å². The Hall–Kier alpha value is -2.26. The molecule has 1 aromatic carbocycles. The van der Waals surface area contributed by atoms with Crippen LogP contribution in [0.15, 0.2) is 47.8 Å². The third-order valence-electron chi connectivity index (χ3n) is 6.53. The van der Waals surface area contributed by atoms with Gasteiger partial charge in [0.2, 0.25) is 0 Å². The Morgan fingerprint density at radius 3 is 2.32 bits per heavy atom. The van der Waals surface area contributed by atoms with E-state index >= 15 is 0 Å². The Balaban J connectivity index is 1.54. The first-order chi connectivity index (χ1) is 16.5. The topological polar surface area (TPSA) is 67.9 Å². The van der Waals surface area contributed by atoms with Gasteiger partial charge in [-0.1, -0.05) is 50.2 Å². The summed E-state index contributed by atoms with van der Waals surface area (Å²) in [4.78, 5) is 33.3. The fraction of sp³-hybridized carbons (Fsp3) is 0.538. The van der Waals surface area contributed by atoms with Crippen LogP contribution in [-0.4, -0.2) is 84.9 Å². The molecule has 3 rings (SSSR count). The smallest absolute Gasteiger partial charge is 0.309 e. The first-order valence-corrected chi connectivity index (χ1v) is 13.2. The Bertz CT molecular complexity index is 865. The minimum absolute atomic E-state index is 0.0475. The number of carbonyl (C=O) groups excluding carboxylic acids is 2. The van der Waals surface area contributed by atoms with Gasteiger partial charge in [-0.05, 0) is 37.0 Å². The van der Waals surface area contributed by atoms with Crippen molar-refractivity contribution < 1.29 is 9.59 Å². The Morgan fingerprint density at radius 1 is 1.00 bits per heavy atom. The molecule has 2 N–H and O–H groups in total. The molecule has 0 spiro atoms. The standard InChI is InChI=1S/C26H39N5O2S/c1-4-29(5-2)14-13-27-25(32)26(33)28-21(3)24(23-12-9-19-34-23)31-17-15-30(16-18-31)20-22-10-7-6-8-11-22/h6-12,19,21,24H,4-5,13-18,20H2,1-3H3,(H,27,32)(H,28,33)/t21-,24+/m0/s1. The molecule has 34 heavy (non-hydrogen) atoms. The molecule has 2 aromatic rings. The van der Waals surface area contributed by atoms with Crippen LogP contribution in [0.25, 0.3) is 0 Å². The molecular weight excluding hydrogens is 446 g/mol. The van der Waals surface area contributed by atoms with Gasteiger partial charge >= 0.3 is 11.8 Å². The molecule has 0 bridgehead atoms. The van der Waals surface area contributed by atoms with Gasteiger partial charge in [0.25, 0.3) is 0 Å². The van der Waals surface area contributed by atoms with Crippen LogP contribution in [0.4, 0.5) is 0 Å². The Kier molecular flexibility index (Phi) is 10.5. The van der Waals surface area contributed by atoms with Gasteiger partial charge in [0, 0.05) is 56.7 Å². The summed E-state index contributed by atoms with van der Waals surface area (Å²) < 4.78 is 0. The lowest BCUT2D eigenvalue weighted by Crippen LogP contribution is -2.53. The SMILES string of the molecule is CCN(CC)CCNC(=O)C(=O)N[C@@H](C)[C@H](c1cccs1)N1CCN(Cc2ccccc2)CC1. The molecule has 186 valence electrons. The molecule has 2 atom stereocenters. The largest absolute Gasteiger partial charge is 0.347 e. The second-order valence-electron chi connectivity index (χ2n) is 8.80. The van der Waals surface area contributed by atoms with Crippen molar-refractivity contribution in [1.29, 1.82) is 0 Å². The molecule has 1 aromatic heterocycles. The zero-order valence-corrected chi connectivity index (χ0v) is 21.5. The van der Waals surface area contributed by atoms with Gasteiger partial charge in [-0.3, -0.25) is 19.4 Å². The van der Waals surface area contributed by atoms with Crippen molar-refractivity contribution >= 4 is 23.2 Å². The van der Waals surface area contributed by atoms with E-state index in [2.05, 4.69) is 74.9 Å². The van der Waals surface area contributed by atoms with Crippen molar-refractivity contribution in [3.63, 3.8) is 0 Å². The molecule has 0 unspecified atom stereocenters. The number of nitrogens with one attached hydrogen (secondary N) is 2. The Morgan fingerprint density at radius 2 is 1.71 bits per heavy atom. The number of amides is 2. The lowest BCUT2D eigenvalue weighted by atomic mass is 10.0. The van der Waals surface area contributed by atoms with Gasteiger partial charge in [0.15, 0.2) is 0 Å². The number of carbonyl (C=O) groups is 2. The van der Waals surface area contributed by atoms with E-state index < -0.39 is 11.8 Å². The van der Waals surface area contributed by atoms with Crippen molar-refractivity contribution in [3.05, 3.63) is 58.3 Å². The number of likely N-dealkylation sites (N-methyl/N-ethyl adjacent to an activating group) is 1. The highest BCUT2D eigenvalue weighted by atomic mass is 32.1. The molecule has 0 radical (unpaired) electrons. The summed E-state index contributed by atoms with van der Waals surface area (Å²) in [6.07, 6.45) is 0. The van der Waals surface area contributed by atoms with Crippen molar-refractivity contribution in [2.45, 2.75) is 39.4 Å². The van der Waals surface area contributed by atoms with Gasteiger partial charge in [-0.25, -0.2) is 0 Å². The van der Waals surface area contributed by atoms with Crippen LogP contribution in [-0.2, 0) is 16.1 Å². The van der Waals surface area contributed by atoms with Crippen molar-refractivity contribution in [2.24, 2.45) is 0 Å². The van der Waals surface area contributed by atoms with E-state index in [9.17, 15) is 9.59 Å². The number of benzene rings is 1. The number of nitrogens with zero attached hydrogens (tertiary/aromatic N) is 3. The minimum atomic E-state index is -0.559. The van der Waals surface area contributed by atoms with E-state index in [1.807, 2.05) is 19.1 Å². The highest BCUT2D eigenvalue weighted by Gasteiger charge is 2.31. The monoisotopic (exact) mass is 485 g/mol. The van der Waals surface area contributed by atoms with E-state index in [1.165, 1.54) is 10.4 Å². The van der Waals surface area contributed by atoms with Crippen LogP contribution in [0.2, 0.25) is 0 Å². The van der Waals surface area contributed by atoms with Crippen LogP contribution in [0.1, 0.15) is 37.3 Å². The number of hydrogen-bond acceptors (Lipinski definition) is 6. The maximum Gasteiger partial charge on any atom is 0.309 e. The fourth-order valence-electron chi connectivity index (χ4n) is 4.54. The number of piperazine rings is 1. The van der Waals surface area contributed by atoms with E-state index in [0.717, 1.165) is 52.4 Å². The van der Waals surface area contributed by atoms with Crippen molar-refractivity contribution in [3.8, 4) is 0 Å². The average Bonchev–Trinajstić information content (AvgIpc) is 3.38. The molecule has 1 saturated heterocycles. The molecule has 2 amide bonds. The molecule has 0 saturated carbocycles. The third kappa shape index (κ3) is 7.63. The average molecular weight is 486 g/mol. The summed E-state index contributed by atoms with van der Waals surface area (Å²) in [6.45, 7) is 14.0. The highest BCUT2D eigenvalue weighted by Crippen LogP contribution is 2.29. The second kappa shape index (κ2) is 13.6. The van der Waals surface area contributed by atoms with Crippen LogP contribution in [0.5, 0.6) is 0 Å². The van der Waals surface area contributed by atoms with Crippen LogP contribution in [0.3, 0.4) is 0 Å². The van der Waals surface area contributed by atoms with Gasteiger partial charge in [-0.2, -0.15) is 0 Å². The molecule has 2 heterocycles. The maximum atomic E-state index is 12.6. The van der Waals surface area contributed by atoms with Gasteiger partial charge < -0.3 is 15.5 Å². The highest BCUT2D eigenvalue weighted by molar-refractivity contribution is 7.10. The number of thiophene rings is 1. The maximum absolute atomic E-state index is 12.6. The molecule has 1 fully saturated rings. The van der Waals surface area contributed by atoms with Gasteiger partial charge in [0.1, 0.15) is 0 Å². The molecule has 1 aliphatic rings. The van der Waals surface area contributed by atoms with Gasteiger partial charge in [0.05, 0.1) is 6.04 Å². The van der Waals surface area contributed by atoms with E-state index in [0.29, 0.717) is 6.54 Å². The normalized spacial score (nSPS) is 16.8. The molecule has 7 nitrogen and oxygen atoms in total. The lowest BCUT2D eigenvalue weighted by molar-refractivity contribution is -0.139. The minimum Gasteiger partial charge on any atom is -0.347 e. The Labute approximate surface area is 208 Å². The first-order valence-electron chi connectivity index (χ1n) is 12.4. The zero-order valence-electron chi connectivity index (χ0n) is 20.7. The van der Waals surface area contributed by atoms with Crippen LogP contribution in [0, 0.1) is 0 Å².